The van der Waals surface area contributed by atoms with E-state index in [1.54, 1.807) is 12.1 Å². The summed E-state index contributed by atoms with van der Waals surface area (Å²) in [7, 11) is 0. The molecule has 7 heteroatoms. The molecule has 176 valence electrons. The van der Waals surface area contributed by atoms with Crippen molar-refractivity contribution in [3.63, 3.8) is 0 Å². The van der Waals surface area contributed by atoms with Crippen LogP contribution in [-0.2, 0) is 24.2 Å². The average molecular weight is 461 g/mol. The Morgan fingerprint density at radius 1 is 1.06 bits per heavy atom. The Kier molecular flexibility index (Phi) is 5.08. The molecule has 0 unspecified atom stereocenters. The van der Waals surface area contributed by atoms with Gasteiger partial charge in [-0.25, -0.2) is 4.79 Å². The van der Waals surface area contributed by atoms with Crippen LogP contribution in [0.15, 0.2) is 44.3 Å². The number of fused-ring (bicyclic) bond motifs is 7. The Morgan fingerprint density at radius 2 is 1.88 bits per heavy atom. The highest BCUT2D eigenvalue weighted by Gasteiger charge is 2.36. The van der Waals surface area contributed by atoms with Gasteiger partial charge in [0.15, 0.2) is 6.61 Å². The van der Waals surface area contributed by atoms with Crippen LogP contribution < -0.4 is 15.9 Å². The Bertz CT molecular complexity index is 1420. The summed E-state index contributed by atoms with van der Waals surface area (Å²) >= 11 is 0. The van der Waals surface area contributed by atoms with Gasteiger partial charge in [0.2, 0.25) is 0 Å². The number of aromatic nitrogens is 1. The van der Waals surface area contributed by atoms with Crippen molar-refractivity contribution in [3.05, 3.63) is 73.5 Å². The third-order valence-corrected chi connectivity index (χ3v) is 7.77. The minimum absolute atomic E-state index is 0.0370. The van der Waals surface area contributed by atoms with Crippen LogP contribution in [-0.4, -0.2) is 35.1 Å². The second-order valence-corrected chi connectivity index (χ2v) is 9.90. The number of hydrogen-bond acceptors (Lipinski definition) is 5. The summed E-state index contributed by atoms with van der Waals surface area (Å²) in [5, 5.41) is 0.975. The summed E-state index contributed by atoms with van der Waals surface area (Å²) in [6.07, 6.45) is 4.76. The smallest absolute Gasteiger partial charge is 0.339 e. The maximum absolute atomic E-state index is 13.1. The number of piperidine rings is 1. The topological polar surface area (TPSA) is 81.8 Å². The van der Waals surface area contributed by atoms with E-state index in [1.165, 1.54) is 0 Å². The van der Waals surface area contributed by atoms with Gasteiger partial charge in [-0.15, -0.1) is 0 Å². The van der Waals surface area contributed by atoms with Crippen LogP contribution in [0.4, 0.5) is 0 Å². The molecule has 2 aromatic heterocycles. The molecule has 1 amide bonds. The molecule has 3 aliphatic rings. The lowest BCUT2D eigenvalue weighted by Gasteiger charge is -2.42. The van der Waals surface area contributed by atoms with Crippen molar-refractivity contribution in [2.75, 3.05) is 19.7 Å². The number of amides is 1. The van der Waals surface area contributed by atoms with Gasteiger partial charge in [0.1, 0.15) is 11.3 Å². The number of carbonyl (C=O) groups is 1. The van der Waals surface area contributed by atoms with Crippen molar-refractivity contribution in [3.8, 4) is 5.75 Å². The van der Waals surface area contributed by atoms with Crippen molar-refractivity contribution in [1.82, 2.24) is 9.47 Å². The van der Waals surface area contributed by atoms with Gasteiger partial charge >= 0.3 is 5.63 Å². The van der Waals surface area contributed by atoms with Crippen molar-refractivity contribution >= 4 is 16.9 Å². The molecule has 2 bridgehead atoms. The third kappa shape index (κ3) is 3.45. The van der Waals surface area contributed by atoms with Crippen LogP contribution in [0.1, 0.15) is 47.6 Å². The lowest BCUT2D eigenvalue weighted by atomic mass is 9.83. The number of aryl methyl sites for hydroxylation is 2. The normalized spacial score (nSPS) is 21.1. The highest BCUT2D eigenvalue weighted by molar-refractivity contribution is 5.86. The molecule has 3 aromatic rings. The van der Waals surface area contributed by atoms with E-state index < -0.39 is 0 Å². The maximum Gasteiger partial charge on any atom is 0.339 e. The van der Waals surface area contributed by atoms with Crippen LogP contribution in [0.2, 0.25) is 0 Å². The predicted octanol–water partition coefficient (Wildman–Crippen LogP) is 3.17. The average Bonchev–Trinajstić information content (AvgIpc) is 2.85. The molecule has 4 heterocycles. The zero-order chi connectivity index (χ0) is 23.4. The lowest BCUT2D eigenvalue weighted by molar-refractivity contribution is -0.136. The first-order chi connectivity index (χ1) is 16.5. The van der Waals surface area contributed by atoms with Gasteiger partial charge in [-0.2, -0.15) is 0 Å². The van der Waals surface area contributed by atoms with E-state index in [4.69, 9.17) is 9.15 Å². The van der Waals surface area contributed by atoms with Gasteiger partial charge in [-0.05, 0) is 68.7 Å². The van der Waals surface area contributed by atoms with Gasteiger partial charge in [0.05, 0.1) is 0 Å². The Labute approximate surface area is 196 Å². The molecule has 0 saturated carbocycles. The molecule has 6 rings (SSSR count). The van der Waals surface area contributed by atoms with E-state index in [2.05, 4.69) is 0 Å². The number of likely N-dealkylation sites (tertiary alicyclic amines) is 1. The van der Waals surface area contributed by atoms with Crippen LogP contribution in [0.5, 0.6) is 5.75 Å². The molecule has 0 N–H and O–H groups in total. The fourth-order valence-electron chi connectivity index (χ4n) is 6.11. The Balaban J connectivity index is 1.20. The molecular weight excluding hydrogens is 432 g/mol. The van der Waals surface area contributed by atoms with E-state index >= 15 is 0 Å². The molecule has 1 saturated heterocycles. The molecule has 2 aliphatic heterocycles. The Hall–Kier alpha value is -3.35. The summed E-state index contributed by atoms with van der Waals surface area (Å²) in [6, 6.07) is 9.24. The fraction of sp³-hybridized carbons (Fsp3) is 0.444. The van der Waals surface area contributed by atoms with E-state index in [9.17, 15) is 14.4 Å². The first kappa shape index (κ1) is 21.2. The second-order valence-electron chi connectivity index (χ2n) is 9.90. The SMILES string of the molecule is Cc1c(OCC(=O)N2C[C@H]3C[C@H](C2)c2cccc(=O)n2C3)ccc2c3c(c(=O)oc12)CCCC3. The monoisotopic (exact) mass is 460 g/mol. The zero-order valence-corrected chi connectivity index (χ0v) is 19.3. The van der Waals surface area contributed by atoms with Crippen molar-refractivity contribution in [2.45, 2.75) is 51.5 Å². The van der Waals surface area contributed by atoms with Gasteiger partial charge in [-0.1, -0.05) is 6.07 Å². The predicted molar refractivity (Wildman–Crippen MR) is 127 cm³/mol. The van der Waals surface area contributed by atoms with E-state index in [0.29, 0.717) is 31.0 Å². The molecule has 34 heavy (non-hydrogen) atoms. The number of benzene rings is 1. The summed E-state index contributed by atoms with van der Waals surface area (Å²) in [5.74, 6) is 0.952. The summed E-state index contributed by atoms with van der Waals surface area (Å²) in [6.45, 7) is 3.70. The Morgan fingerprint density at radius 3 is 2.74 bits per heavy atom. The van der Waals surface area contributed by atoms with Crippen LogP contribution in [0.25, 0.3) is 11.0 Å². The molecule has 0 radical (unpaired) electrons. The summed E-state index contributed by atoms with van der Waals surface area (Å²) in [5.41, 5.74) is 4.02. The summed E-state index contributed by atoms with van der Waals surface area (Å²) in [4.78, 5) is 39.7. The molecule has 7 nitrogen and oxygen atoms in total. The maximum atomic E-state index is 13.1. The van der Waals surface area contributed by atoms with Crippen LogP contribution in [0, 0.1) is 12.8 Å². The quantitative estimate of drug-likeness (QED) is 0.561. The van der Waals surface area contributed by atoms with Crippen molar-refractivity contribution in [2.24, 2.45) is 5.92 Å². The number of nitrogens with zero attached hydrogens (tertiary/aromatic N) is 2. The lowest BCUT2D eigenvalue weighted by Crippen LogP contribution is -2.50. The fourth-order valence-corrected chi connectivity index (χ4v) is 6.11. The molecule has 2 atom stereocenters. The van der Waals surface area contributed by atoms with Gasteiger partial charge < -0.3 is 18.6 Å². The number of ether oxygens (including phenoxy) is 1. The molecule has 1 fully saturated rings. The number of rotatable bonds is 3. The summed E-state index contributed by atoms with van der Waals surface area (Å²) < 4.78 is 13.5. The highest BCUT2D eigenvalue weighted by Crippen LogP contribution is 2.35. The minimum Gasteiger partial charge on any atom is -0.483 e. The van der Waals surface area contributed by atoms with Gasteiger partial charge in [-0.3, -0.25) is 9.59 Å². The highest BCUT2D eigenvalue weighted by atomic mass is 16.5. The standard InChI is InChI=1S/C27H28N2O5/c1-16-23(10-9-20-19-5-2-3-6-21(19)27(32)34-26(16)20)33-15-25(31)28-12-17-11-18(14-28)22-7-4-8-24(30)29(22)13-17/h4,7-10,17-18H,2-3,5-6,11-15H2,1H3/t17-,18-/m1/s1. The second kappa shape index (κ2) is 8.15. The largest absolute Gasteiger partial charge is 0.483 e. The molecule has 1 aromatic carbocycles. The molecule has 1 aliphatic carbocycles. The number of hydrogen-bond donors (Lipinski definition) is 0. The molecular formula is C27H28N2O5. The van der Waals surface area contributed by atoms with Crippen LogP contribution in [0.3, 0.4) is 0 Å². The zero-order valence-electron chi connectivity index (χ0n) is 19.3. The first-order valence-electron chi connectivity index (χ1n) is 12.2. The minimum atomic E-state index is -0.252. The van der Waals surface area contributed by atoms with E-state index in [1.807, 2.05) is 34.6 Å². The van der Waals surface area contributed by atoms with E-state index in [-0.39, 0.29) is 35.5 Å². The third-order valence-electron chi connectivity index (χ3n) is 7.77. The van der Waals surface area contributed by atoms with Crippen LogP contribution >= 0.6 is 0 Å². The number of pyridine rings is 1. The number of carbonyl (C=O) groups excluding carboxylic acids is 1. The van der Waals surface area contributed by atoms with E-state index in [0.717, 1.165) is 59.9 Å². The van der Waals surface area contributed by atoms with Crippen molar-refractivity contribution in [1.29, 1.82) is 0 Å². The molecule has 0 spiro atoms. The van der Waals surface area contributed by atoms with Gasteiger partial charge in [0, 0.05) is 53.8 Å². The first-order valence-corrected chi connectivity index (χ1v) is 12.2. The van der Waals surface area contributed by atoms with Crippen molar-refractivity contribution < 1.29 is 13.9 Å². The van der Waals surface area contributed by atoms with Gasteiger partial charge in [0.25, 0.3) is 11.5 Å².